The predicted molar refractivity (Wildman–Crippen MR) is 86.0 cm³/mol. The number of carbonyl (C=O) groups is 3. The zero-order chi connectivity index (χ0) is 18.4. The van der Waals surface area contributed by atoms with Crippen molar-refractivity contribution in [2.75, 3.05) is 6.54 Å². The fourth-order valence-corrected chi connectivity index (χ4v) is 2.36. The van der Waals surface area contributed by atoms with Crippen molar-refractivity contribution < 1.29 is 24.4 Å². The highest BCUT2D eigenvalue weighted by molar-refractivity contribution is 6.12. The number of nitrogens with zero attached hydrogens (tertiary/aromatic N) is 2. The summed E-state index contributed by atoms with van der Waals surface area (Å²) >= 11 is 0. The van der Waals surface area contributed by atoms with E-state index in [1.807, 2.05) is 0 Å². The van der Waals surface area contributed by atoms with E-state index in [9.17, 15) is 24.5 Å². The number of nitro groups is 1. The predicted octanol–water partition coefficient (Wildman–Crippen LogP) is 0.409. The van der Waals surface area contributed by atoms with E-state index in [2.05, 4.69) is 5.32 Å². The number of nitrogens with one attached hydrogen (secondary N) is 1. The van der Waals surface area contributed by atoms with Crippen molar-refractivity contribution in [1.29, 1.82) is 0 Å². The van der Waals surface area contributed by atoms with Gasteiger partial charge in [-0.2, -0.15) is 0 Å². The van der Waals surface area contributed by atoms with Gasteiger partial charge in [0.15, 0.2) is 0 Å². The van der Waals surface area contributed by atoms with Crippen LogP contribution in [0.2, 0.25) is 0 Å². The molecule has 3 amide bonds. The highest BCUT2D eigenvalue weighted by atomic mass is 16.6. The van der Waals surface area contributed by atoms with Crippen LogP contribution in [-0.4, -0.2) is 39.2 Å². The molecular formula is C16H17N3O6. The Hall–Kier alpha value is -3.07. The minimum atomic E-state index is -0.588. The van der Waals surface area contributed by atoms with E-state index in [0.717, 1.165) is 4.90 Å². The first-order valence-electron chi connectivity index (χ1n) is 7.59. The van der Waals surface area contributed by atoms with Crippen molar-refractivity contribution in [3.63, 3.8) is 0 Å². The van der Waals surface area contributed by atoms with Gasteiger partial charge >= 0.3 is 0 Å². The van der Waals surface area contributed by atoms with E-state index in [1.165, 1.54) is 24.3 Å². The molecule has 25 heavy (non-hydrogen) atoms. The molecule has 132 valence electrons. The van der Waals surface area contributed by atoms with Crippen molar-refractivity contribution in [2.24, 2.45) is 0 Å². The smallest absolute Gasteiger partial charge is 0.275 e. The van der Waals surface area contributed by atoms with Gasteiger partial charge in [-0.3, -0.25) is 29.4 Å². The highest BCUT2D eigenvalue weighted by Crippen LogP contribution is 2.20. The standard InChI is InChI=1S/C16H17N3O6/c20-10-12-4-3-11(8-13(12)19(24)25)9-17-14(21)2-1-7-18-15(22)5-6-16(18)23/h3-6,8,20H,1-2,7,9-10H2,(H,17,21). The number of carbonyl (C=O) groups excluding carboxylic acids is 3. The van der Waals surface area contributed by atoms with Gasteiger partial charge in [-0.15, -0.1) is 0 Å². The van der Waals surface area contributed by atoms with Gasteiger partial charge in [0.2, 0.25) is 5.91 Å². The maximum atomic E-state index is 11.8. The van der Waals surface area contributed by atoms with Crippen LogP contribution in [0.5, 0.6) is 0 Å². The molecule has 1 heterocycles. The Morgan fingerprint density at radius 1 is 1.24 bits per heavy atom. The molecule has 0 fully saturated rings. The SMILES string of the molecule is O=C(CCCN1C(=O)C=CC1=O)NCc1ccc(CO)c([N+](=O)[O-])c1. The van der Waals surface area contributed by atoms with Gasteiger partial charge in [-0.05, 0) is 18.1 Å². The number of hydrogen-bond donors (Lipinski definition) is 2. The Bertz CT molecular complexity index is 725. The second-order valence-corrected chi connectivity index (χ2v) is 5.42. The molecule has 1 aliphatic heterocycles. The van der Waals surface area contributed by atoms with Crippen LogP contribution in [0.4, 0.5) is 5.69 Å². The molecule has 0 bridgehead atoms. The van der Waals surface area contributed by atoms with Gasteiger partial charge in [0.05, 0.1) is 17.1 Å². The molecule has 9 nitrogen and oxygen atoms in total. The number of nitro benzene ring substituents is 1. The number of amides is 3. The third-order valence-corrected chi connectivity index (χ3v) is 3.69. The fraction of sp³-hybridized carbons (Fsp3) is 0.312. The Morgan fingerprint density at radius 2 is 1.92 bits per heavy atom. The van der Waals surface area contributed by atoms with Gasteiger partial charge in [0.25, 0.3) is 17.5 Å². The van der Waals surface area contributed by atoms with Crippen LogP contribution in [-0.2, 0) is 27.5 Å². The summed E-state index contributed by atoms with van der Waals surface area (Å²) < 4.78 is 0. The van der Waals surface area contributed by atoms with Gasteiger partial charge in [-0.25, -0.2) is 0 Å². The van der Waals surface area contributed by atoms with E-state index in [-0.39, 0.29) is 48.5 Å². The molecular weight excluding hydrogens is 330 g/mol. The molecule has 0 unspecified atom stereocenters. The lowest BCUT2D eigenvalue weighted by Crippen LogP contribution is -2.32. The van der Waals surface area contributed by atoms with Crippen LogP contribution in [0.25, 0.3) is 0 Å². The normalized spacial score (nSPS) is 13.4. The first-order chi connectivity index (χ1) is 11.9. The number of aliphatic hydroxyl groups excluding tert-OH is 1. The van der Waals surface area contributed by atoms with E-state index >= 15 is 0 Å². The number of imide groups is 1. The summed E-state index contributed by atoms with van der Waals surface area (Å²) in [7, 11) is 0. The summed E-state index contributed by atoms with van der Waals surface area (Å²) in [6.45, 7) is -0.172. The van der Waals surface area contributed by atoms with Crippen LogP contribution >= 0.6 is 0 Å². The monoisotopic (exact) mass is 347 g/mol. The van der Waals surface area contributed by atoms with Crippen molar-refractivity contribution >= 4 is 23.4 Å². The number of rotatable bonds is 8. The molecule has 0 aliphatic carbocycles. The average molecular weight is 347 g/mol. The van der Waals surface area contributed by atoms with Crippen LogP contribution in [0.3, 0.4) is 0 Å². The van der Waals surface area contributed by atoms with Crippen molar-refractivity contribution in [3.8, 4) is 0 Å². The van der Waals surface area contributed by atoms with E-state index in [1.54, 1.807) is 6.07 Å². The lowest BCUT2D eigenvalue weighted by molar-refractivity contribution is -0.385. The lowest BCUT2D eigenvalue weighted by atomic mass is 10.1. The summed E-state index contributed by atoms with van der Waals surface area (Å²) in [5.74, 6) is -1.07. The highest BCUT2D eigenvalue weighted by Gasteiger charge is 2.22. The lowest BCUT2D eigenvalue weighted by Gasteiger charge is -2.13. The third kappa shape index (κ3) is 4.70. The largest absolute Gasteiger partial charge is 0.391 e. The number of hydrogen-bond acceptors (Lipinski definition) is 6. The van der Waals surface area contributed by atoms with Gasteiger partial charge in [0, 0.05) is 37.7 Å². The first-order valence-corrected chi connectivity index (χ1v) is 7.59. The summed E-state index contributed by atoms with van der Waals surface area (Å²) in [5, 5.41) is 22.6. The molecule has 9 heteroatoms. The minimum Gasteiger partial charge on any atom is -0.391 e. The van der Waals surface area contributed by atoms with E-state index in [4.69, 9.17) is 5.11 Å². The Labute approximate surface area is 143 Å². The van der Waals surface area contributed by atoms with Crippen LogP contribution in [0, 0.1) is 10.1 Å². The van der Waals surface area contributed by atoms with Crippen molar-refractivity contribution in [2.45, 2.75) is 26.0 Å². The Morgan fingerprint density at radius 3 is 2.52 bits per heavy atom. The zero-order valence-corrected chi connectivity index (χ0v) is 13.3. The maximum Gasteiger partial charge on any atom is 0.275 e. The topological polar surface area (TPSA) is 130 Å². The molecule has 1 aromatic carbocycles. The fourth-order valence-electron chi connectivity index (χ4n) is 2.36. The Balaban J connectivity index is 1.80. The number of benzene rings is 1. The molecule has 0 spiro atoms. The van der Waals surface area contributed by atoms with Crippen LogP contribution < -0.4 is 5.32 Å². The van der Waals surface area contributed by atoms with Gasteiger partial charge in [0.1, 0.15) is 0 Å². The molecule has 1 aromatic rings. The molecule has 2 rings (SSSR count). The quantitative estimate of drug-likeness (QED) is 0.398. The van der Waals surface area contributed by atoms with Gasteiger partial charge < -0.3 is 10.4 Å². The molecule has 0 aromatic heterocycles. The van der Waals surface area contributed by atoms with E-state index < -0.39 is 11.5 Å². The molecule has 0 radical (unpaired) electrons. The second kappa shape index (κ2) is 8.15. The molecule has 0 saturated heterocycles. The third-order valence-electron chi connectivity index (χ3n) is 3.69. The van der Waals surface area contributed by atoms with Crippen LogP contribution in [0.15, 0.2) is 30.4 Å². The summed E-state index contributed by atoms with van der Waals surface area (Å²) in [6, 6.07) is 4.34. The van der Waals surface area contributed by atoms with E-state index in [0.29, 0.717) is 12.0 Å². The van der Waals surface area contributed by atoms with Crippen molar-refractivity contribution in [3.05, 3.63) is 51.6 Å². The summed E-state index contributed by atoms with van der Waals surface area (Å²) in [5.41, 5.74) is 0.535. The summed E-state index contributed by atoms with van der Waals surface area (Å²) in [6.07, 6.45) is 2.82. The number of aliphatic hydroxyl groups is 1. The van der Waals surface area contributed by atoms with Crippen molar-refractivity contribution in [1.82, 2.24) is 10.2 Å². The zero-order valence-electron chi connectivity index (χ0n) is 13.3. The maximum absolute atomic E-state index is 11.8. The van der Waals surface area contributed by atoms with Gasteiger partial charge in [-0.1, -0.05) is 6.07 Å². The molecule has 0 atom stereocenters. The summed E-state index contributed by atoms with van der Waals surface area (Å²) in [4.78, 5) is 45.9. The average Bonchev–Trinajstić information content (AvgIpc) is 2.91. The minimum absolute atomic E-state index is 0.106. The molecule has 2 N–H and O–H groups in total. The molecule has 1 aliphatic rings. The second-order valence-electron chi connectivity index (χ2n) is 5.42. The Kier molecular flexibility index (Phi) is 5.96. The molecule has 0 saturated carbocycles. The van der Waals surface area contributed by atoms with Crippen LogP contribution in [0.1, 0.15) is 24.0 Å². The first kappa shape index (κ1) is 18.3.